The van der Waals surface area contributed by atoms with E-state index in [1.807, 2.05) is 6.92 Å². The van der Waals surface area contributed by atoms with Gasteiger partial charge >= 0.3 is 12.1 Å². The van der Waals surface area contributed by atoms with Crippen LogP contribution in [0.15, 0.2) is 97.6 Å². The average molecular weight is 480 g/mol. The van der Waals surface area contributed by atoms with E-state index in [2.05, 4.69) is 17.2 Å². The summed E-state index contributed by atoms with van der Waals surface area (Å²) in [5.41, 5.74) is 0.983. The number of rotatable bonds is 8. The summed E-state index contributed by atoms with van der Waals surface area (Å²) in [5.74, 6) is 0.562. The maximum absolute atomic E-state index is 13.6. The second-order valence-corrected chi connectivity index (χ2v) is 8.96. The molecule has 0 spiro atoms. The number of hydrogen-bond donors (Lipinski definition) is 2. The Bertz CT molecular complexity index is 1180. The Balaban J connectivity index is 1.98. The highest BCUT2D eigenvalue weighted by molar-refractivity contribution is 7.90. The normalized spacial score (nSPS) is 11.7. The van der Waals surface area contributed by atoms with E-state index in [0.29, 0.717) is 29.3 Å². The molecule has 0 fully saturated rings. The number of amides is 4. The van der Waals surface area contributed by atoms with Gasteiger partial charge in [-0.25, -0.2) is 18.0 Å². The number of urea groups is 2. The number of carbonyl (C=O) groups excluding carboxylic acids is 2. The number of nitrogens with zero attached hydrogens (tertiary/aromatic N) is 1. The number of hydrogen-bond acceptors (Lipinski definition) is 5. The van der Waals surface area contributed by atoms with Crippen molar-refractivity contribution >= 4 is 33.5 Å². The Morgan fingerprint density at radius 3 is 1.76 bits per heavy atom. The van der Waals surface area contributed by atoms with Gasteiger partial charge in [0, 0.05) is 11.4 Å². The topological polar surface area (TPSA) is 105 Å². The van der Waals surface area contributed by atoms with E-state index in [0.717, 1.165) is 0 Å². The van der Waals surface area contributed by atoms with Crippen LogP contribution >= 0.6 is 0 Å². The Hall–Kier alpha value is -4.11. The summed E-state index contributed by atoms with van der Waals surface area (Å²) < 4.78 is 32.9. The summed E-state index contributed by atoms with van der Waals surface area (Å²) >= 11 is 0. The molecule has 0 aliphatic carbocycles. The maximum atomic E-state index is 13.6. The molecule has 0 aromatic heterocycles. The van der Waals surface area contributed by atoms with E-state index in [9.17, 15) is 18.0 Å². The second kappa shape index (κ2) is 11.2. The van der Waals surface area contributed by atoms with Crippen molar-refractivity contribution in [3.63, 3.8) is 0 Å². The molecule has 1 atom stereocenters. The first-order valence-electron chi connectivity index (χ1n) is 10.5. The number of sulfonamides is 1. The van der Waals surface area contributed by atoms with Crippen LogP contribution in [0.25, 0.3) is 0 Å². The van der Waals surface area contributed by atoms with Crippen LogP contribution in [0.1, 0.15) is 17.7 Å². The van der Waals surface area contributed by atoms with Crippen LogP contribution in [0.4, 0.5) is 21.0 Å². The first-order chi connectivity index (χ1) is 16.4. The van der Waals surface area contributed by atoms with Gasteiger partial charge < -0.3 is 15.4 Å². The zero-order chi connectivity index (χ0) is 24.6. The third-order valence-corrected chi connectivity index (χ3v) is 6.68. The summed E-state index contributed by atoms with van der Waals surface area (Å²) in [6.07, 6.45) is 1.17. The molecule has 8 nitrogen and oxygen atoms in total. The minimum Gasteiger partial charge on any atom is -0.494 e. The van der Waals surface area contributed by atoms with Crippen molar-refractivity contribution in [2.45, 2.75) is 12.2 Å². The Morgan fingerprint density at radius 2 is 1.35 bits per heavy atom. The van der Waals surface area contributed by atoms with E-state index in [1.165, 1.54) is 6.08 Å². The first kappa shape index (κ1) is 24.5. The lowest BCUT2D eigenvalue weighted by Crippen LogP contribution is -2.47. The van der Waals surface area contributed by atoms with Gasteiger partial charge in [-0.3, -0.25) is 0 Å². The SMILES string of the molecule is C=CC(c1ccc(OCC)cc1)S(=O)(=O)N(C(=O)Nc1ccccc1)C(=O)Nc1ccccc1. The predicted molar refractivity (Wildman–Crippen MR) is 132 cm³/mol. The van der Waals surface area contributed by atoms with Crippen molar-refractivity contribution in [3.05, 3.63) is 103 Å². The van der Waals surface area contributed by atoms with Crippen molar-refractivity contribution in [1.29, 1.82) is 0 Å². The molecule has 0 saturated carbocycles. The van der Waals surface area contributed by atoms with Crippen molar-refractivity contribution in [2.24, 2.45) is 0 Å². The van der Waals surface area contributed by atoms with E-state index >= 15 is 0 Å². The quantitative estimate of drug-likeness (QED) is 0.421. The molecule has 3 aromatic carbocycles. The van der Waals surface area contributed by atoms with Crippen LogP contribution in [-0.2, 0) is 10.0 Å². The fraction of sp³-hybridized carbons (Fsp3) is 0.120. The summed E-state index contributed by atoms with van der Waals surface area (Å²) in [6, 6.07) is 20.6. The van der Waals surface area contributed by atoms with E-state index in [4.69, 9.17) is 4.74 Å². The molecule has 3 aromatic rings. The number of benzene rings is 3. The monoisotopic (exact) mass is 479 g/mol. The number of anilines is 2. The largest absolute Gasteiger partial charge is 0.494 e. The van der Waals surface area contributed by atoms with Crippen molar-refractivity contribution in [2.75, 3.05) is 17.2 Å². The zero-order valence-corrected chi connectivity index (χ0v) is 19.4. The third kappa shape index (κ3) is 5.81. The number of imide groups is 1. The molecular weight excluding hydrogens is 454 g/mol. The fourth-order valence-corrected chi connectivity index (χ4v) is 4.70. The van der Waals surface area contributed by atoms with Gasteiger partial charge in [-0.15, -0.1) is 10.9 Å². The number of nitrogens with one attached hydrogen (secondary N) is 2. The van der Waals surface area contributed by atoms with Crippen LogP contribution in [0.2, 0.25) is 0 Å². The number of ether oxygens (including phenoxy) is 1. The van der Waals surface area contributed by atoms with Gasteiger partial charge in [-0.05, 0) is 48.9 Å². The van der Waals surface area contributed by atoms with Gasteiger partial charge in [0.15, 0.2) is 0 Å². The van der Waals surface area contributed by atoms with Crippen LogP contribution < -0.4 is 15.4 Å². The van der Waals surface area contributed by atoms with Gasteiger partial charge in [0.1, 0.15) is 11.0 Å². The van der Waals surface area contributed by atoms with Crippen molar-refractivity contribution < 1.29 is 22.7 Å². The standard InChI is InChI=1S/C25H25N3O5S/c1-3-23(19-15-17-22(18-16-19)33-4-2)34(31,32)28(24(29)26-20-11-7-5-8-12-20)25(30)27-21-13-9-6-10-14-21/h3,5-18,23H,1,4H2,2H3,(H,26,29)(H,27,30). The highest BCUT2D eigenvalue weighted by Crippen LogP contribution is 2.29. The number of carbonyl (C=O) groups is 2. The molecule has 4 amide bonds. The molecule has 0 radical (unpaired) electrons. The fourth-order valence-electron chi connectivity index (χ4n) is 3.18. The summed E-state index contributed by atoms with van der Waals surface area (Å²) in [6.45, 7) is 5.92. The Kier molecular flexibility index (Phi) is 8.05. The van der Waals surface area contributed by atoms with Gasteiger partial charge in [-0.1, -0.05) is 54.6 Å². The predicted octanol–water partition coefficient (Wildman–Crippen LogP) is 5.41. The van der Waals surface area contributed by atoms with Crippen LogP contribution in [0, 0.1) is 0 Å². The third-order valence-electron chi connectivity index (χ3n) is 4.73. The van der Waals surface area contributed by atoms with Crippen LogP contribution in [0.5, 0.6) is 5.75 Å². The van der Waals surface area contributed by atoms with Gasteiger partial charge in [0.2, 0.25) is 0 Å². The lowest BCUT2D eigenvalue weighted by atomic mass is 10.1. The lowest BCUT2D eigenvalue weighted by molar-refractivity contribution is 0.222. The molecule has 0 aliphatic rings. The molecule has 0 bridgehead atoms. The zero-order valence-electron chi connectivity index (χ0n) is 18.5. The molecule has 1 unspecified atom stereocenters. The lowest BCUT2D eigenvalue weighted by Gasteiger charge is -2.25. The highest BCUT2D eigenvalue weighted by Gasteiger charge is 2.40. The molecular formula is C25H25N3O5S. The molecule has 34 heavy (non-hydrogen) atoms. The van der Waals surface area contributed by atoms with Gasteiger partial charge in [0.25, 0.3) is 10.0 Å². The molecule has 3 rings (SSSR count). The number of para-hydroxylation sites is 2. The smallest absolute Gasteiger partial charge is 0.344 e. The molecule has 0 heterocycles. The maximum Gasteiger partial charge on any atom is 0.344 e. The van der Waals surface area contributed by atoms with E-state index in [1.54, 1.807) is 84.9 Å². The average Bonchev–Trinajstić information content (AvgIpc) is 2.82. The minimum absolute atomic E-state index is 0.190. The molecule has 176 valence electrons. The molecule has 0 aliphatic heterocycles. The van der Waals surface area contributed by atoms with E-state index in [-0.39, 0.29) is 4.31 Å². The summed E-state index contributed by atoms with van der Waals surface area (Å²) in [5, 5.41) is 3.56. The van der Waals surface area contributed by atoms with Gasteiger partial charge in [0.05, 0.1) is 6.61 Å². The van der Waals surface area contributed by atoms with Gasteiger partial charge in [-0.2, -0.15) is 0 Å². The van der Waals surface area contributed by atoms with Crippen LogP contribution in [-0.4, -0.2) is 31.4 Å². The minimum atomic E-state index is -4.58. The Morgan fingerprint density at radius 1 is 0.882 bits per heavy atom. The highest BCUT2D eigenvalue weighted by atomic mass is 32.2. The summed E-state index contributed by atoms with van der Waals surface area (Å²) in [4.78, 5) is 26.2. The van der Waals surface area contributed by atoms with Crippen LogP contribution in [0.3, 0.4) is 0 Å². The van der Waals surface area contributed by atoms with E-state index < -0.39 is 27.3 Å². The molecule has 0 saturated heterocycles. The Labute approximate surface area is 198 Å². The summed E-state index contributed by atoms with van der Waals surface area (Å²) in [7, 11) is -4.58. The molecule has 2 N–H and O–H groups in total. The first-order valence-corrected chi connectivity index (χ1v) is 12.0. The van der Waals surface area contributed by atoms with Crippen molar-refractivity contribution in [1.82, 2.24) is 4.31 Å². The van der Waals surface area contributed by atoms with Crippen molar-refractivity contribution in [3.8, 4) is 5.75 Å². The second-order valence-electron chi connectivity index (χ2n) is 7.06. The molecule has 9 heteroatoms.